The highest BCUT2D eigenvalue weighted by Crippen LogP contribution is 2.08. The Morgan fingerprint density at radius 3 is 1.40 bits per heavy atom. The van der Waals surface area contributed by atoms with Crippen molar-refractivity contribution < 1.29 is 30.0 Å². The van der Waals surface area contributed by atoms with Gasteiger partial charge in [-0.1, -0.05) is 45.4 Å². The molecule has 0 aliphatic carbocycles. The van der Waals surface area contributed by atoms with Gasteiger partial charge in [-0.15, -0.1) is 0 Å². The Kier molecular flexibility index (Phi) is 24.1. The molecular formula is C14H30O6. The van der Waals surface area contributed by atoms with Crippen molar-refractivity contribution in [3.05, 3.63) is 0 Å². The maximum Gasteiger partial charge on any atom is 0.300 e. The summed E-state index contributed by atoms with van der Waals surface area (Å²) in [6.45, 7) is 4.38. The monoisotopic (exact) mass is 294 g/mol. The SMILES string of the molecule is CC(=O)O.CC(=O)O.CCCCCCCCCC(O)O. The van der Waals surface area contributed by atoms with Crippen LogP contribution in [0.3, 0.4) is 0 Å². The first-order valence-electron chi connectivity index (χ1n) is 6.99. The van der Waals surface area contributed by atoms with Crippen molar-refractivity contribution >= 4 is 11.9 Å². The normalized spacial score (nSPS) is 9.10. The van der Waals surface area contributed by atoms with Crippen molar-refractivity contribution in [2.45, 2.75) is 78.4 Å². The summed E-state index contributed by atoms with van der Waals surface area (Å²) >= 11 is 0. The lowest BCUT2D eigenvalue weighted by Crippen LogP contribution is -2.02. The van der Waals surface area contributed by atoms with Crippen molar-refractivity contribution in [3.8, 4) is 0 Å². The van der Waals surface area contributed by atoms with E-state index in [1.807, 2.05) is 0 Å². The molecule has 0 aliphatic rings. The van der Waals surface area contributed by atoms with Crippen LogP contribution in [0.5, 0.6) is 0 Å². The van der Waals surface area contributed by atoms with Crippen LogP contribution in [0.15, 0.2) is 0 Å². The smallest absolute Gasteiger partial charge is 0.300 e. The van der Waals surface area contributed by atoms with E-state index >= 15 is 0 Å². The minimum atomic E-state index is -1.10. The standard InChI is InChI=1S/C10H22O2.2C2H4O2/c1-2-3-4-5-6-7-8-9-10(11)12;2*1-2(3)4/h10-12H,2-9H2,1H3;2*1H3,(H,3,4). The number of unbranched alkanes of at least 4 members (excludes halogenated alkanes) is 6. The van der Waals surface area contributed by atoms with Crippen LogP contribution in [0.25, 0.3) is 0 Å². The molecular weight excluding hydrogens is 264 g/mol. The van der Waals surface area contributed by atoms with E-state index in [4.69, 9.17) is 30.0 Å². The van der Waals surface area contributed by atoms with Crippen LogP contribution in [-0.2, 0) is 9.59 Å². The average molecular weight is 294 g/mol. The molecule has 0 aromatic rings. The summed E-state index contributed by atoms with van der Waals surface area (Å²) in [4.78, 5) is 18.0. The fourth-order valence-corrected chi connectivity index (χ4v) is 1.28. The quantitative estimate of drug-likeness (QED) is 0.404. The number of aliphatic hydroxyl groups excluding tert-OH is 1. The molecule has 6 heteroatoms. The first kappa shape index (κ1) is 23.9. The third-order valence-corrected chi connectivity index (χ3v) is 2.07. The Morgan fingerprint density at radius 1 is 0.800 bits per heavy atom. The van der Waals surface area contributed by atoms with E-state index in [1.165, 1.54) is 32.1 Å². The van der Waals surface area contributed by atoms with Crippen molar-refractivity contribution in [2.24, 2.45) is 0 Å². The second-order valence-electron chi connectivity index (χ2n) is 4.43. The Morgan fingerprint density at radius 2 is 1.10 bits per heavy atom. The van der Waals surface area contributed by atoms with E-state index in [1.54, 1.807) is 0 Å². The summed E-state index contributed by atoms with van der Waals surface area (Å²) in [7, 11) is 0. The maximum absolute atomic E-state index is 9.00. The van der Waals surface area contributed by atoms with Gasteiger partial charge in [0.2, 0.25) is 0 Å². The van der Waals surface area contributed by atoms with E-state index in [2.05, 4.69) is 6.92 Å². The third kappa shape index (κ3) is 68.6. The molecule has 0 radical (unpaired) electrons. The molecule has 0 saturated carbocycles. The topological polar surface area (TPSA) is 115 Å². The van der Waals surface area contributed by atoms with Gasteiger partial charge in [0.15, 0.2) is 6.29 Å². The van der Waals surface area contributed by atoms with Gasteiger partial charge >= 0.3 is 0 Å². The van der Waals surface area contributed by atoms with Gasteiger partial charge in [0.25, 0.3) is 11.9 Å². The fourth-order valence-electron chi connectivity index (χ4n) is 1.28. The first-order valence-corrected chi connectivity index (χ1v) is 6.99. The zero-order valence-electron chi connectivity index (χ0n) is 12.8. The molecule has 0 bridgehead atoms. The van der Waals surface area contributed by atoms with Gasteiger partial charge in [-0.3, -0.25) is 9.59 Å². The van der Waals surface area contributed by atoms with Crippen molar-refractivity contribution in [1.82, 2.24) is 0 Å². The second kappa shape index (κ2) is 20.2. The van der Waals surface area contributed by atoms with E-state index in [0.717, 1.165) is 26.7 Å². The Bertz CT molecular complexity index is 196. The number of aliphatic carboxylic acids is 2. The highest BCUT2D eigenvalue weighted by molar-refractivity contribution is 5.63. The lowest BCUT2D eigenvalue weighted by atomic mass is 10.1. The van der Waals surface area contributed by atoms with Gasteiger partial charge in [0.05, 0.1) is 0 Å². The summed E-state index contributed by atoms with van der Waals surface area (Å²) in [6, 6.07) is 0. The minimum absolute atomic E-state index is 0.535. The summed E-state index contributed by atoms with van der Waals surface area (Å²) in [5.74, 6) is -1.67. The van der Waals surface area contributed by atoms with Crippen LogP contribution in [0.2, 0.25) is 0 Å². The Labute approximate surface area is 121 Å². The van der Waals surface area contributed by atoms with E-state index in [9.17, 15) is 0 Å². The van der Waals surface area contributed by atoms with Gasteiger partial charge in [0.1, 0.15) is 0 Å². The van der Waals surface area contributed by atoms with Crippen LogP contribution in [0, 0.1) is 0 Å². The number of carboxylic acids is 2. The molecule has 6 nitrogen and oxygen atoms in total. The highest BCUT2D eigenvalue weighted by Gasteiger charge is 1.96. The molecule has 0 amide bonds. The molecule has 0 atom stereocenters. The van der Waals surface area contributed by atoms with Gasteiger partial charge < -0.3 is 20.4 Å². The predicted molar refractivity (Wildman–Crippen MR) is 77.5 cm³/mol. The second-order valence-corrected chi connectivity index (χ2v) is 4.43. The van der Waals surface area contributed by atoms with Crippen molar-refractivity contribution in [2.75, 3.05) is 0 Å². The maximum atomic E-state index is 9.00. The molecule has 0 heterocycles. The van der Waals surface area contributed by atoms with Crippen LogP contribution in [-0.4, -0.2) is 38.7 Å². The highest BCUT2D eigenvalue weighted by atomic mass is 16.5. The molecule has 122 valence electrons. The summed E-state index contributed by atoms with van der Waals surface area (Å²) in [6.07, 6.45) is 8.03. The molecule has 0 spiro atoms. The molecule has 0 rings (SSSR count). The molecule has 0 aliphatic heterocycles. The number of carboxylic acid groups (broad SMARTS) is 2. The summed E-state index contributed by atoms with van der Waals surface area (Å²) in [5.41, 5.74) is 0. The first-order chi connectivity index (χ1) is 9.23. The van der Waals surface area contributed by atoms with Gasteiger partial charge in [-0.05, 0) is 12.8 Å². The van der Waals surface area contributed by atoms with E-state index < -0.39 is 18.2 Å². The lowest BCUT2D eigenvalue weighted by Gasteiger charge is -2.02. The van der Waals surface area contributed by atoms with Crippen molar-refractivity contribution in [3.63, 3.8) is 0 Å². The van der Waals surface area contributed by atoms with E-state index in [0.29, 0.717) is 6.42 Å². The summed E-state index contributed by atoms with van der Waals surface area (Å²) < 4.78 is 0. The average Bonchev–Trinajstić information content (AvgIpc) is 2.26. The number of hydrogen-bond acceptors (Lipinski definition) is 4. The molecule has 0 fully saturated rings. The molecule has 4 N–H and O–H groups in total. The minimum Gasteiger partial charge on any atom is -0.481 e. The summed E-state index contributed by atoms with van der Waals surface area (Å²) in [5, 5.41) is 31.9. The Balaban J connectivity index is -0.000000297. The van der Waals surface area contributed by atoms with Crippen LogP contribution >= 0.6 is 0 Å². The van der Waals surface area contributed by atoms with Crippen molar-refractivity contribution in [1.29, 1.82) is 0 Å². The Hall–Kier alpha value is -1.14. The zero-order chi connectivity index (χ0) is 16.4. The number of hydrogen-bond donors (Lipinski definition) is 4. The lowest BCUT2D eigenvalue weighted by molar-refractivity contribution is -0.135. The third-order valence-electron chi connectivity index (χ3n) is 2.07. The van der Waals surface area contributed by atoms with Crippen LogP contribution in [0.1, 0.15) is 72.1 Å². The van der Waals surface area contributed by atoms with E-state index in [-0.39, 0.29) is 0 Å². The van der Waals surface area contributed by atoms with Crippen LogP contribution < -0.4 is 0 Å². The molecule has 0 aromatic carbocycles. The molecule has 0 saturated heterocycles. The van der Waals surface area contributed by atoms with Gasteiger partial charge in [-0.2, -0.15) is 0 Å². The fraction of sp³-hybridized carbons (Fsp3) is 0.857. The number of carbonyl (C=O) groups is 2. The molecule has 0 aromatic heterocycles. The molecule has 0 unspecified atom stereocenters. The van der Waals surface area contributed by atoms with Gasteiger partial charge in [-0.25, -0.2) is 0 Å². The van der Waals surface area contributed by atoms with Gasteiger partial charge in [0, 0.05) is 13.8 Å². The largest absolute Gasteiger partial charge is 0.481 e. The number of aliphatic hydroxyl groups is 2. The molecule has 20 heavy (non-hydrogen) atoms. The zero-order valence-corrected chi connectivity index (χ0v) is 12.8. The van der Waals surface area contributed by atoms with Crippen LogP contribution in [0.4, 0.5) is 0 Å². The predicted octanol–water partition coefficient (Wildman–Crippen LogP) is 2.62. The number of rotatable bonds is 8.